The molecule has 0 N–H and O–H groups in total. The molecule has 0 aromatic carbocycles. The van der Waals surface area contributed by atoms with Crippen LogP contribution < -0.4 is 0 Å². The molecule has 0 saturated carbocycles. The van der Waals surface area contributed by atoms with Crippen LogP contribution in [-0.2, 0) is 4.79 Å². The maximum Gasteiger partial charge on any atom is 0.255 e. The van der Waals surface area contributed by atoms with E-state index in [-0.39, 0.29) is 11.8 Å². The van der Waals surface area contributed by atoms with Gasteiger partial charge in [0, 0.05) is 32.7 Å². The summed E-state index contributed by atoms with van der Waals surface area (Å²) < 4.78 is 0. The van der Waals surface area contributed by atoms with Crippen LogP contribution in [0.2, 0.25) is 0 Å². The normalized spacial score (nSPS) is 21.7. The third kappa shape index (κ3) is 2.69. The molecule has 1 aromatic heterocycles. The molecule has 124 valence electrons. The van der Waals surface area contributed by atoms with Gasteiger partial charge in [-0.25, -0.2) is 0 Å². The van der Waals surface area contributed by atoms with Gasteiger partial charge in [0.15, 0.2) is 0 Å². The summed E-state index contributed by atoms with van der Waals surface area (Å²) in [6.45, 7) is 5.63. The van der Waals surface area contributed by atoms with Crippen LogP contribution in [0.15, 0.2) is 18.5 Å². The van der Waals surface area contributed by atoms with Gasteiger partial charge in [-0.2, -0.15) is 10.2 Å². The smallest absolute Gasteiger partial charge is 0.255 e. The number of piperazine rings is 1. The van der Waals surface area contributed by atoms with E-state index in [9.17, 15) is 9.59 Å². The predicted molar refractivity (Wildman–Crippen MR) is 84.8 cm³/mol. The predicted octanol–water partition coefficient (Wildman–Crippen LogP) is 0.245. The Kier molecular flexibility index (Phi) is 4.30. The molecule has 1 aromatic rings. The zero-order valence-electron chi connectivity index (χ0n) is 13.7. The maximum absolute atomic E-state index is 12.9. The lowest BCUT2D eigenvalue weighted by molar-refractivity contribution is -0.153. The molecule has 7 heteroatoms. The van der Waals surface area contributed by atoms with E-state index >= 15 is 0 Å². The van der Waals surface area contributed by atoms with Crippen LogP contribution in [0.5, 0.6) is 0 Å². The molecule has 2 amide bonds. The van der Waals surface area contributed by atoms with E-state index in [1.807, 2.05) is 23.8 Å². The Morgan fingerprint density at radius 1 is 1.22 bits per heavy atom. The molecule has 3 heterocycles. The highest BCUT2D eigenvalue weighted by atomic mass is 16.2. The summed E-state index contributed by atoms with van der Waals surface area (Å²) >= 11 is 0. The van der Waals surface area contributed by atoms with Crippen molar-refractivity contribution in [1.29, 1.82) is 0 Å². The lowest BCUT2D eigenvalue weighted by atomic mass is 9.82. The van der Waals surface area contributed by atoms with Crippen LogP contribution in [0.4, 0.5) is 0 Å². The zero-order chi connectivity index (χ0) is 16.4. The fraction of sp³-hybridized carbons (Fsp3) is 0.625. The lowest BCUT2D eigenvalue weighted by Gasteiger charge is -2.51. The number of piperidine rings is 1. The van der Waals surface area contributed by atoms with E-state index in [0.717, 1.165) is 19.6 Å². The highest BCUT2D eigenvalue weighted by Crippen LogP contribution is 2.33. The van der Waals surface area contributed by atoms with Gasteiger partial charge in [-0.1, -0.05) is 0 Å². The molecule has 0 radical (unpaired) electrons. The molecule has 0 bridgehead atoms. The number of likely N-dealkylation sites (tertiary alicyclic amines) is 1. The summed E-state index contributed by atoms with van der Waals surface area (Å²) in [4.78, 5) is 31.3. The molecule has 2 saturated heterocycles. The number of carbonyl (C=O) groups excluding carboxylic acids is 2. The van der Waals surface area contributed by atoms with Gasteiger partial charge in [-0.3, -0.25) is 14.5 Å². The highest BCUT2D eigenvalue weighted by molar-refractivity contribution is 5.94. The molecule has 23 heavy (non-hydrogen) atoms. The first-order chi connectivity index (χ1) is 11.1. The summed E-state index contributed by atoms with van der Waals surface area (Å²) in [5.41, 5.74) is 0.108. The van der Waals surface area contributed by atoms with Gasteiger partial charge in [0.1, 0.15) is 5.54 Å². The second-order valence-electron chi connectivity index (χ2n) is 6.26. The standard InChI is InChI=1S/C16H23N5O2/c1-3-20-11-10-19(2)16(15(20)23)5-8-21(9-6-16)14(22)13-4-7-17-18-12-13/h4,7,12H,3,5-6,8-11H2,1-2H3. The van der Waals surface area contributed by atoms with Crippen LogP contribution in [0.25, 0.3) is 0 Å². The largest absolute Gasteiger partial charge is 0.340 e. The van der Waals surface area contributed by atoms with Crippen molar-refractivity contribution in [3.05, 3.63) is 24.0 Å². The monoisotopic (exact) mass is 317 g/mol. The number of nitrogens with zero attached hydrogens (tertiary/aromatic N) is 5. The molecule has 7 nitrogen and oxygen atoms in total. The van der Waals surface area contributed by atoms with E-state index in [1.165, 1.54) is 12.4 Å². The number of hydrogen-bond acceptors (Lipinski definition) is 5. The third-order valence-corrected chi connectivity index (χ3v) is 5.21. The molecule has 3 rings (SSSR count). The average Bonchev–Trinajstić information content (AvgIpc) is 2.61. The fourth-order valence-electron chi connectivity index (χ4n) is 3.62. The maximum atomic E-state index is 12.9. The lowest BCUT2D eigenvalue weighted by Crippen LogP contribution is -2.67. The summed E-state index contributed by atoms with van der Waals surface area (Å²) in [5, 5.41) is 7.46. The molecular weight excluding hydrogens is 294 g/mol. The quantitative estimate of drug-likeness (QED) is 0.782. The number of rotatable bonds is 2. The van der Waals surface area contributed by atoms with Crippen molar-refractivity contribution in [3.63, 3.8) is 0 Å². The number of likely N-dealkylation sites (N-methyl/N-ethyl adjacent to an activating group) is 2. The van der Waals surface area contributed by atoms with Crippen molar-refractivity contribution in [2.45, 2.75) is 25.3 Å². The summed E-state index contributed by atoms with van der Waals surface area (Å²) in [6.07, 6.45) is 4.38. The van der Waals surface area contributed by atoms with Crippen molar-refractivity contribution < 1.29 is 9.59 Å². The van der Waals surface area contributed by atoms with Crippen molar-refractivity contribution >= 4 is 11.8 Å². The van der Waals surface area contributed by atoms with Gasteiger partial charge in [-0.15, -0.1) is 0 Å². The van der Waals surface area contributed by atoms with E-state index in [1.54, 1.807) is 6.07 Å². The minimum absolute atomic E-state index is 0.0343. The molecule has 2 aliphatic heterocycles. The number of hydrogen-bond donors (Lipinski definition) is 0. The topological polar surface area (TPSA) is 69.6 Å². The average molecular weight is 317 g/mol. The first-order valence-electron chi connectivity index (χ1n) is 8.15. The Morgan fingerprint density at radius 3 is 2.57 bits per heavy atom. The Bertz CT molecular complexity index is 583. The summed E-state index contributed by atoms with van der Waals surface area (Å²) in [6, 6.07) is 1.68. The molecular formula is C16H23N5O2. The summed E-state index contributed by atoms with van der Waals surface area (Å²) in [7, 11) is 2.02. The van der Waals surface area contributed by atoms with Gasteiger partial charge in [0.05, 0.1) is 18.0 Å². The van der Waals surface area contributed by atoms with Crippen molar-refractivity contribution in [2.75, 3.05) is 39.8 Å². The molecule has 1 spiro atoms. The fourth-order valence-corrected chi connectivity index (χ4v) is 3.62. The van der Waals surface area contributed by atoms with E-state index in [0.29, 0.717) is 31.5 Å². The first-order valence-corrected chi connectivity index (χ1v) is 8.15. The molecule has 0 unspecified atom stereocenters. The summed E-state index contributed by atoms with van der Waals surface area (Å²) in [5.74, 6) is 0.180. The van der Waals surface area contributed by atoms with E-state index in [2.05, 4.69) is 15.1 Å². The molecule has 0 atom stereocenters. The minimum atomic E-state index is -0.443. The van der Waals surface area contributed by atoms with Crippen molar-refractivity contribution in [1.82, 2.24) is 24.9 Å². The minimum Gasteiger partial charge on any atom is -0.340 e. The number of aromatic nitrogens is 2. The Hall–Kier alpha value is -2.02. The van der Waals surface area contributed by atoms with Gasteiger partial charge in [0.2, 0.25) is 5.91 Å². The zero-order valence-corrected chi connectivity index (χ0v) is 13.7. The number of amides is 2. The van der Waals surface area contributed by atoms with Crippen LogP contribution in [-0.4, -0.2) is 82.0 Å². The molecule has 2 aliphatic rings. The molecule has 0 aliphatic carbocycles. The van der Waals surface area contributed by atoms with Crippen LogP contribution in [0.3, 0.4) is 0 Å². The van der Waals surface area contributed by atoms with E-state index < -0.39 is 5.54 Å². The Labute approximate surface area is 136 Å². The van der Waals surface area contributed by atoms with Gasteiger partial charge < -0.3 is 9.80 Å². The Balaban J connectivity index is 1.72. The van der Waals surface area contributed by atoms with E-state index in [4.69, 9.17) is 0 Å². The van der Waals surface area contributed by atoms with Gasteiger partial charge in [-0.05, 0) is 32.9 Å². The van der Waals surface area contributed by atoms with Crippen molar-refractivity contribution in [3.8, 4) is 0 Å². The second-order valence-corrected chi connectivity index (χ2v) is 6.26. The SMILES string of the molecule is CCN1CCN(C)C2(CCN(C(=O)c3ccnnc3)CC2)C1=O. The van der Waals surface area contributed by atoms with Crippen molar-refractivity contribution in [2.24, 2.45) is 0 Å². The molecule has 2 fully saturated rings. The first kappa shape index (κ1) is 15.9. The Morgan fingerprint density at radius 2 is 1.96 bits per heavy atom. The van der Waals surface area contributed by atoms with Gasteiger partial charge in [0.25, 0.3) is 5.91 Å². The highest BCUT2D eigenvalue weighted by Gasteiger charge is 2.49. The van der Waals surface area contributed by atoms with Gasteiger partial charge >= 0.3 is 0 Å². The van der Waals surface area contributed by atoms with Crippen LogP contribution in [0.1, 0.15) is 30.1 Å². The van der Waals surface area contributed by atoms with Crippen LogP contribution >= 0.6 is 0 Å². The number of carbonyl (C=O) groups is 2. The second kappa shape index (κ2) is 6.23. The third-order valence-electron chi connectivity index (χ3n) is 5.21. The van der Waals surface area contributed by atoms with Crippen LogP contribution in [0, 0.1) is 0 Å².